The summed E-state index contributed by atoms with van der Waals surface area (Å²) >= 11 is 0. The molecule has 0 spiro atoms. The lowest BCUT2D eigenvalue weighted by atomic mass is 9.86. The molecule has 5 heteroatoms. The molecule has 0 radical (unpaired) electrons. The number of hydrogen-bond donors (Lipinski definition) is 3. The molecule has 0 aromatic heterocycles. The van der Waals surface area contributed by atoms with E-state index in [0.717, 1.165) is 0 Å². The van der Waals surface area contributed by atoms with Crippen LogP contribution in [0.25, 0.3) is 0 Å². The van der Waals surface area contributed by atoms with Crippen molar-refractivity contribution in [3.63, 3.8) is 0 Å². The average molecular weight is 229 g/mol. The third-order valence-electron chi connectivity index (χ3n) is 2.59. The van der Waals surface area contributed by atoms with Crippen molar-refractivity contribution in [2.75, 3.05) is 6.54 Å². The van der Waals surface area contributed by atoms with Crippen molar-refractivity contribution in [2.24, 2.45) is 22.3 Å². The molecule has 5 N–H and O–H groups in total. The van der Waals surface area contributed by atoms with Gasteiger partial charge in [-0.2, -0.15) is 0 Å². The van der Waals surface area contributed by atoms with E-state index in [0.29, 0.717) is 0 Å². The summed E-state index contributed by atoms with van der Waals surface area (Å²) in [6.07, 6.45) is 0. The molecule has 0 aromatic rings. The van der Waals surface area contributed by atoms with E-state index in [4.69, 9.17) is 11.5 Å². The first-order chi connectivity index (χ1) is 6.98. The largest absolute Gasteiger partial charge is 0.369 e. The van der Waals surface area contributed by atoms with Gasteiger partial charge in [-0.15, -0.1) is 0 Å². The molecule has 0 bridgehead atoms. The van der Waals surface area contributed by atoms with Gasteiger partial charge in [0.25, 0.3) is 0 Å². The van der Waals surface area contributed by atoms with Gasteiger partial charge in [-0.05, 0) is 19.3 Å². The quantitative estimate of drug-likeness (QED) is 0.632. The molecule has 0 aliphatic carbocycles. The van der Waals surface area contributed by atoms with Gasteiger partial charge in [0.2, 0.25) is 11.8 Å². The van der Waals surface area contributed by atoms with Gasteiger partial charge in [-0.3, -0.25) is 9.59 Å². The Bertz CT molecular complexity index is 279. The van der Waals surface area contributed by atoms with Crippen LogP contribution in [0.5, 0.6) is 0 Å². The van der Waals surface area contributed by atoms with E-state index in [9.17, 15) is 9.59 Å². The fourth-order valence-electron chi connectivity index (χ4n) is 0.898. The van der Waals surface area contributed by atoms with Crippen LogP contribution < -0.4 is 16.8 Å². The maximum absolute atomic E-state index is 11.7. The zero-order valence-corrected chi connectivity index (χ0v) is 10.8. The predicted molar refractivity (Wildman–Crippen MR) is 63.4 cm³/mol. The molecule has 2 amide bonds. The summed E-state index contributed by atoms with van der Waals surface area (Å²) < 4.78 is 0. The van der Waals surface area contributed by atoms with Crippen LogP contribution in [0.15, 0.2) is 0 Å². The molecule has 94 valence electrons. The van der Waals surface area contributed by atoms with E-state index in [1.165, 1.54) is 0 Å². The molecule has 0 aromatic carbocycles. The SMILES string of the molecule is CC(C)(CNC(=O)[C@H](N)C(C)(C)C)C(N)=O. The molecule has 0 aliphatic rings. The summed E-state index contributed by atoms with van der Waals surface area (Å²) in [5.74, 6) is -0.709. The number of carbonyl (C=O) groups is 2. The van der Waals surface area contributed by atoms with Crippen LogP contribution in [0.4, 0.5) is 0 Å². The molecule has 1 atom stereocenters. The van der Waals surface area contributed by atoms with Gasteiger partial charge in [-0.25, -0.2) is 0 Å². The third kappa shape index (κ3) is 4.18. The highest BCUT2D eigenvalue weighted by atomic mass is 16.2. The number of nitrogens with two attached hydrogens (primary N) is 2. The van der Waals surface area contributed by atoms with Gasteiger partial charge in [0.1, 0.15) is 0 Å². The molecule has 0 fully saturated rings. The van der Waals surface area contributed by atoms with Crippen molar-refractivity contribution < 1.29 is 9.59 Å². The highest BCUT2D eigenvalue weighted by Gasteiger charge is 2.30. The molecule has 5 nitrogen and oxygen atoms in total. The maximum atomic E-state index is 11.7. The van der Waals surface area contributed by atoms with E-state index < -0.39 is 17.4 Å². The molecular formula is C11H23N3O2. The Morgan fingerprint density at radius 1 is 1.19 bits per heavy atom. The lowest BCUT2D eigenvalue weighted by molar-refractivity contribution is -0.128. The number of primary amides is 1. The minimum Gasteiger partial charge on any atom is -0.369 e. The van der Waals surface area contributed by atoms with Gasteiger partial charge in [0, 0.05) is 6.54 Å². The first kappa shape index (κ1) is 14.9. The van der Waals surface area contributed by atoms with Crippen LogP contribution in [0.1, 0.15) is 34.6 Å². The Labute approximate surface area is 96.9 Å². The molecule has 0 rings (SSSR count). The monoisotopic (exact) mass is 229 g/mol. The second-order valence-corrected chi connectivity index (χ2v) is 5.81. The van der Waals surface area contributed by atoms with E-state index in [2.05, 4.69) is 5.32 Å². The zero-order valence-electron chi connectivity index (χ0n) is 10.8. The first-order valence-corrected chi connectivity index (χ1v) is 5.31. The van der Waals surface area contributed by atoms with Crippen LogP contribution in [-0.2, 0) is 9.59 Å². The van der Waals surface area contributed by atoms with Crippen LogP contribution >= 0.6 is 0 Å². The van der Waals surface area contributed by atoms with Crippen molar-refractivity contribution in [2.45, 2.75) is 40.7 Å². The first-order valence-electron chi connectivity index (χ1n) is 5.31. The van der Waals surface area contributed by atoms with Crippen LogP contribution in [-0.4, -0.2) is 24.4 Å². The van der Waals surface area contributed by atoms with Crippen LogP contribution in [0.3, 0.4) is 0 Å². The second kappa shape index (κ2) is 4.82. The zero-order chi connectivity index (χ0) is 13.1. The van der Waals surface area contributed by atoms with Gasteiger partial charge >= 0.3 is 0 Å². The van der Waals surface area contributed by atoms with E-state index in [1.807, 2.05) is 20.8 Å². The van der Waals surface area contributed by atoms with Crippen molar-refractivity contribution in [3.8, 4) is 0 Å². The van der Waals surface area contributed by atoms with E-state index in [1.54, 1.807) is 13.8 Å². The van der Waals surface area contributed by atoms with Crippen molar-refractivity contribution in [1.29, 1.82) is 0 Å². The number of hydrogen-bond acceptors (Lipinski definition) is 3. The predicted octanol–water partition coefficient (Wildman–Crippen LogP) is -0.0125. The number of carbonyl (C=O) groups excluding carboxylic acids is 2. The fourth-order valence-corrected chi connectivity index (χ4v) is 0.898. The fraction of sp³-hybridized carbons (Fsp3) is 0.818. The number of amides is 2. The minimum absolute atomic E-state index is 0.199. The highest BCUT2D eigenvalue weighted by molar-refractivity contribution is 5.84. The second-order valence-electron chi connectivity index (χ2n) is 5.81. The third-order valence-corrected chi connectivity index (χ3v) is 2.59. The molecule has 0 saturated heterocycles. The van der Waals surface area contributed by atoms with Crippen molar-refractivity contribution in [3.05, 3.63) is 0 Å². The lowest BCUT2D eigenvalue weighted by Crippen LogP contribution is -2.51. The summed E-state index contributed by atoms with van der Waals surface area (Å²) in [5, 5.41) is 2.65. The molecule has 0 aliphatic heterocycles. The molecule has 0 unspecified atom stereocenters. The van der Waals surface area contributed by atoms with Crippen LogP contribution in [0.2, 0.25) is 0 Å². The standard InChI is InChI=1S/C11H23N3O2/c1-10(2,3)7(12)8(15)14-6-11(4,5)9(13)16/h7H,6,12H2,1-5H3,(H2,13,16)(H,14,15)/t7-/m0/s1. The normalized spacial score (nSPS) is 14.4. The van der Waals surface area contributed by atoms with E-state index >= 15 is 0 Å². The van der Waals surface area contributed by atoms with Crippen LogP contribution in [0, 0.1) is 10.8 Å². The summed E-state index contributed by atoms with van der Waals surface area (Å²) in [6.45, 7) is 9.21. The average Bonchev–Trinajstić information content (AvgIpc) is 2.11. The van der Waals surface area contributed by atoms with Gasteiger partial charge in [0.05, 0.1) is 11.5 Å². The van der Waals surface area contributed by atoms with E-state index in [-0.39, 0.29) is 17.9 Å². The Kier molecular flexibility index (Phi) is 4.49. The Morgan fingerprint density at radius 2 is 1.62 bits per heavy atom. The Morgan fingerprint density at radius 3 is 1.94 bits per heavy atom. The summed E-state index contributed by atoms with van der Waals surface area (Å²) in [5.41, 5.74) is 9.91. The van der Waals surface area contributed by atoms with Crippen molar-refractivity contribution in [1.82, 2.24) is 5.32 Å². The lowest BCUT2D eigenvalue weighted by Gasteiger charge is -2.28. The minimum atomic E-state index is -0.757. The van der Waals surface area contributed by atoms with Gasteiger partial charge in [-0.1, -0.05) is 20.8 Å². The number of nitrogens with one attached hydrogen (secondary N) is 1. The summed E-state index contributed by atoms with van der Waals surface area (Å²) in [6, 6.07) is -0.601. The molecule has 16 heavy (non-hydrogen) atoms. The summed E-state index contributed by atoms with van der Waals surface area (Å²) in [7, 11) is 0. The number of rotatable bonds is 4. The Hall–Kier alpha value is -1.10. The summed E-state index contributed by atoms with van der Waals surface area (Å²) in [4.78, 5) is 22.7. The Balaban J connectivity index is 4.34. The topological polar surface area (TPSA) is 98.2 Å². The molecule has 0 heterocycles. The molecular weight excluding hydrogens is 206 g/mol. The van der Waals surface area contributed by atoms with Gasteiger partial charge < -0.3 is 16.8 Å². The molecule has 0 saturated carbocycles. The maximum Gasteiger partial charge on any atom is 0.237 e. The van der Waals surface area contributed by atoms with Gasteiger partial charge in [0.15, 0.2) is 0 Å². The van der Waals surface area contributed by atoms with Crippen molar-refractivity contribution >= 4 is 11.8 Å². The highest BCUT2D eigenvalue weighted by Crippen LogP contribution is 2.18. The smallest absolute Gasteiger partial charge is 0.237 e.